The number of carbonyl (C=O) groups excluding carboxylic acids is 1. The van der Waals surface area contributed by atoms with E-state index in [0.717, 1.165) is 28.3 Å². The van der Waals surface area contributed by atoms with Gasteiger partial charge in [0.2, 0.25) is 0 Å². The smallest absolute Gasteiger partial charge is 0.435 e. The molecule has 13 heteroatoms. The summed E-state index contributed by atoms with van der Waals surface area (Å²) in [5.74, 6) is -0.659. The molecule has 0 spiro atoms. The van der Waals surface area contributed by atoms with E-state index >= 15 is 0 Å². The highest BCUT2D eigenvalue weighted by Gasteiger charge is 2.35. The Morgan fingerprint density at radius 1 is 1.21 bits per heavy atom. The molecule has 0 aliphatic heterocycles. The van der Waals surface area contributed by atoms with E-state index in [4.69, 9.17) is 4.74 Å². The highest BCUT2D eigenvalue weighted by molar-refractivity contribution is 7.98. The number of hydrogen-bond donors (Lipinski definition) is 1. The topological polar surface area (TPSA) is 98.5 Å². The standard InChI is InChI=1S/C20H19F3N2O5S3/c1-31-11-30-19(27)9-25-14(8-18(24-25)20(21,22)23)16-6-5-15(32-16)12-3-4-13(10-26)17(7-12)33(2,28)29/h3-8,26H,9-11H2,1-2H3. The number of sulfone groups is 1. The number of rotatable bonds is 8. The van der Waals surface area contributed by atoms with Gasteiger partial charge in [0.1, 0.15) is 12.5 Å². The van der Waals surface area contributed by atoms with Crippen LogP contribution in [0.3, 0.4) is 0 Å². The van der Waals surface area contributed by atoms with Gasteiger partial charge in [-0.05, 0) is 41.6 Å². The first-order chi connectivity index (χ1) is 15.4. The number of thioether (sulfide) groups is 1. The van der Waals surface area contributed by atoms with E-state index in [0.29, 0.717) is 15.3 Å². The van der Waals surface area contributed by atoms with Gasteiger partial charge in [0, 0.05) is 11.1 Å². The maximum atomic E-state index is 13.3. The van der Waals surface area contributed by atoms with Crippen molar-refractivity contribution in [2.24, 2.45) is 0 Å². The van der Waals surface area contributed by atoms with Gasteiger partial charge in [-0.15, -0.1) is 23.1 Å². The monoisotopic (exact) mass is 520 g/mol. The van der Waals surface area contributed by atoms with Crippen molar-refractivity contribution < 1.29 is 36.2 Å². The number of halogens is 3. The number of alkyl halides is 3. The molecule has 33 heavy (non-hydrogen) atoms. The average Bonchev–Trinajstić information content (AvgIpc) is 3.38. The molecule has 0 bridgehead atoms. The fraction of sp³-hybridized carbons (Fsp3) is 0.300. The van der Waals surface area contributed by atoms with Crippen LogP contribution in [0.25, 0.3) is 21.0 Å². The quantitative estimate of drug-likeness (QED) is 0.353. The lowest BCUT2D eigenvalue weighted by Crippen LogP contribution is -2.16. The number of aliphatic hydroxyl groups is 1. The van der Waals surface area contributed by atoms with E-state index in [1.807, 2.05) is 0 Å². The normalized spacial score (nSPS) is 12.2. The van der Waals surface area contributed by atoms with Gasteiger partial charge in [-0.25, -0.2) is 8.42 Å². The van der Waals surface area contributed by atoms with Crippen molar-refractivity contribution in [3.8, 4) is 21.0 Å². The van der Waals surface area contributed by atoms with Crippen LogP contribution in [0.15, 0.2) is 41.3 Å². The van der Waals surface area contributed by atoms with Crippen LogP contribution >= 0.6 is 23.1 Å². The first-order valence-electron chi connectivity index (χ1n) is 9.28. The summed E-state index contributed by atoms with van der Waals surface area (Å²) >= 11 is 2.36. The molecule has 1 aromatic carbocycles. The van der Waals surface area contributed by atoms with Gasteiger partial charge >= 0.3 is 12.1 Å². The van der Waals surface area contributed by atoms with Crippen LogP contribution in [0.5, 0.6) is 0 Å². The molecule has 7 nitrogen and oxygen atoms in total. The van der Waals surface area contributed by atoms with E-state index in [2.05, 4.69) is 5.10 Å². The zero-order valence-corrected chi connectivity index (χ0v) is 19.9. The second-order valence-electron chi connectivity index (χ2n) is 6.91. The second-order valence-corrected chi connectivity index (χ2v) is 10.8. The fourth-order valence-corrected chi connectivity index (χ4v) is 5.20. The lowest BCUT2D eigenvalue weighted by Gasteiger charge is -2.08. The summed E-state index contributed by atoms with van der Waals surface area (Å²) in [6.45, 7) is -0.951. The summed E-state index contributed by atoms with van der Waals surface area (Å²) in [4.78, 5) is 12.9. The Morgan fingerprint density at radius 2 is 1.91 bits per heavy atom. The lowest BCUT2D eigenvalue weighted by molar-refractivity contribution is -0.144. The third-order valence-electron chi connectivity index (χ3n) is 4.47. The van der Waals surface area contributed by atoms with Crippen LogP contribution in [0, 0.1) is 0 Å². The third-order valence-corrected chi connectivity index (χ3v) is 7.16. The predicted octanol–water partition coefficient (Wildman–Crippen LogP) is 4.06. The predicted molar refractivity (Wildman–Crippen MR) is 119 cm³/mol. The van der Waals surface area contributed by atoms with Crippen molar-refractivity contribution in [2.45, 2.75) is 24.2 Å². The SMILES string of the molecule is CSCOC(=O)Cn1nc(C(F)(F)F)cc1-c1ccc(-c2ccc(CO)c(S(C)(=O)=O)c2)s1. The van der Waals surface area contributed by atoms with E-state index in [1.54, 1.807) is 24.5 Å². The molecule has 0 fully saturated rings. The number of nitrogens with zero attached hydrogens (tertiary/aromatic N) is 2. The van der Waals surface area contributed by atoms with Gasteiger partial charge in [0.15, 0.2) is 15.5 Å². The number of aromatic nitrogens is 2. The van der Waals surface area contributed by atoms with Crippen LogP contribution < -0.4 is 0 Å². The van der Waals surface area contributed by atoms with E-state index in [1.165, 1.54) is 23.9 Å². The van der Waals surface area contributed by atoms with Gasteiger partial charge in [-0.3, -0.25) is 9.48 Å². The van der Waals surface area contributed by atoms with Crippen molar-refractivity contribution in [1.82, 2.24) is 9.78 Å². The summed E-state index contributed by atoms with van der Waals surface area (Å²) in [7, 11) is -3.61. The Morgan fingerprint density at radius 3 is 2.52 bits per heavy atom. The molecule has 0 atom stereocenters. The number of hydrogen-bond acceptors (Lipinski definition) is 8. The van der Waals surface area contributed by atoms with E-state index in [9.17, 15) is 31.5 Å². The highest BCUT2D eigenvalue weighted by Crippen LogP contribution is 2.38. The van der Waals surface area contributed by atoms with Crippen LogP contribution in [0.2, 0.25) is 0 Å². The zero-order chi connectivity index (χ0) is 24.4. The number of ether oxygens (including phenoxy) is 1. The van der Waals surface area contributed by atoms with Crippen molar-refractivity contribution in [3.63, 3.8) is 0 Å². The number of thiophene rings is 1. The maximum Gasteiger partial charge on any atom is 0.435 e. The minimum atomic E-state index is -4.70. The summed E-state index contributed by atoms with van der Waals surface area (Å²) in [6, 6.07) is 8.58. The third kappa shape index (κ3) is 5.96. The summed E-state index contributed by atoms with van der Waals surface area (Å²) in [5.41, 5.74) is -0.299. The molecule has 2 aromatic heterocycles. The van der Waals surface area contributed by atoms with Crippen LogP contribution in [0.4, 0.5) is 13.2 Å². The van der Waals surface area contributed by atoms with Crippen molar-refractivity contribution in [3.05, 3.63) is 47.7 Å². The van der Waals surface area contributed by atoms with Crippen LogP contribution in [0.1, 0.15) is 11.3 Å². The van der Waals surface area contributed by atoms with Crippen LogP contribution in [-0.2, 0) is 38.7 Å². The highest BCUT2D eigenvalue weighted by atomic mass is 32.2. The molecule has 0 unspecified atom stereocenters. The Hall–Kier alpha value is -2.35. The molecular weight excluding hydrogens is 501 g/mol. The van der Waals surface area contributed by atoms with Gasteiger partial charge < -0.3 is 9.84 Å². The van der Waals surface area contributed by atoms with Crippen molar-refractivity contribution in [2.75, 3.05) is 18.5 Å². The Kier molecular flexibility index (Phi) is 7.56. The molecule has 178 valence electrons. The van der Waals surface area contributed by atoms with Gasteiger partial charge in [-0.1, -0.05) is 12.1 Å². The molecule has 0 saturated heterocycles. The minimum absolute atomic E-state index is 0.0293. The van der Waals surface area contributed by atoms with Gasteiger partial charge in [0.05, 0.1) is 22.1 Å². The molecule has 0 saturated carbocycles. The number of carbonyl (C=O) groups is 1. The van der Waals surface area contributed by atoms with Crippen LogP contribution in [-0.4, -0.2) is 47.7 Å². The Balaban J connectivity index is 2.02. The van der Waals surface area contributed by atoms with E-state index < -0.39 is 40.8 Å². The summed E-state index contributed by atoms with van der Waals surface area (Å²) in [6.07, 6.45) is -1.96. The first-order valence-corrected chi connectivity index (χ1v) is 13.4. The van der Waals surface area contributed by atoms with Crippen molar-refractivity contribution >= 4 is 38.9 Å². The molecular formula is C20H19F3N2O5S3. The molecule has 2 heterocycles. The number of benzene rings is 1. The Bertz CT molecular complexity index is 1270. The number of esters is 1. The Labute approximate surface area is 196 Å². The maximum absolute atomic E-state index is 13.3. The molecule has 0 aliphatic carbocycles. The summed E-state index contributed by atoms with van der Waals surface area (Å²) < 4.78 is 69.8. The molecule has 3 rings (SSSR count). The minimum Gasteiger partial charge on any atom is -0.453 e. The summed E-state index contributed by atoms with van der Waals surface area (Å²) in [5, 5.41) is 13.0. The molecule has 1 N–H and O–H groups in total. The van der Waals surface area contributed by atoms with Gasteiger partial charge in [0.25, 0.3) is 0 Å². The molecule has 0 amide bonds. The lowest BCUT2D eigenvalue weighted by atomic mass is 10.1. The van der Waals surface area contributed by atoms with E-state index in [-0.39, 0.29) is 22.1 Å². The first kappa shape index (κ1) is 25.3. The second kappa shape index (κ2) is 9.87. The van der Waals surface area contributed by atoms with Gasteiger partial charge in [-0.2, -0.15) is 18.3 Å². The van der Waals surface area contributed by atoms with Crippen molar-refractivity contribution in [1.29, 1.82) is 0 Å². The molecule has 0 radical (unpaired) electrons. The fourth-order valence-electron chi connectivity index (χ4n) is 2.98. The zero-order valence-electron chi connectivity index (χ0n) is 17.4. The largest absolute Gasteiger partial charge is 0.453 e. The molecule has 3 aromatic rings. The average molecular weight is 521 g/mol. The number of aliphatic hydroxyl groups excluding tert-OH is 1. The molecule has 0 aliphatic rings.